The lowest BCUT2D eigenvalue weighted by Gasteiger charge is -2.18. The monoisotopic (exact) mass is 445 g/mol. The molecule has 0 N–H and O–H groups in total. The highest BCUT2D eigenvalue weighted by Gasteiger charge is 2.24. The second-order valence-corrected chi connectivity index (χ2v) is 9.08. The molecule has 4 nitrogen and oxygen atoms in total. The third-order valence-electron chi connectivity index (χ3n) is 5.12. The van der Waals surface area contributed by atoms with Gasteiger partial charge in [0.2, 0.25) is 5.90 Å². The lowest BCUT2D eigenvalue weighted by Crippen LogP contribution is -2.11. The molecule has 3 aromatic rings. The van der Waals surface area contributed by atoms with E-state index < -0.39 is 5.97 Å². The zero-order valence-electron chi connectivity index (χ0n) is 18.3. The number of halogens is 1. The number of aliphatic imine (C=N–C) groups is 1. The average Bonchev–Trinajstić information content (AvgIpc) is 3.14. The summed E-state index contributed by atoms with van der Waals surface area (Å²) in [5.74, 6) is 0.604. The number of ether oxygens (including phenoxy) is 2. The summed E-state index contributed by atoms with van der Waals surface area (Å²) in [7, 11) is 0. The van der Waals surface area contributed by atoms with Crippen LogP contribution in [0.1, 0.15) is 43.0 Å². The molecule has 0 radical (unpaired) electrons. The molecule has 0 unspecified atom stereocenters. The van der Waals surface area contributed by atoms with Crippen molar-refractivity contribution in [3.05, 3.63) is 106 Å². The minimum atomic E-state index is -0.456. The quantitative estimate of drug-likeness (QED) is 0.330. The Balaban J connectivity index is 1.44. The van der Waals surface area contributed by atoms with E-state index in [9.17, 15) is 4.79 Å². The van der Waals surface area contributed by atoms with Crippen molar-refractivity contribution in [2.45, 2.75) is 32.8 Å². The van der Waals surface area contributed by atoms with Gasteiger partial charge < -0.3 is 9.47 Å². The number of carbonyl (C=O) groups is 1. The molecule has 0 atom stereocenters. The fourth-order valence-corrected chi connectivity index (χ4v) is 3.34. The van der Waals surface area contributed by atoms with E-state index >= 15 is 0 Å². The molecule has 0 saturated heterocycles. The van der Waals surface area contributed by atoms with Crippen LogP contribution in [0.15, 0.2) is 83.5 Å². The summed E-state index contributed by atoms with van der Waals surface area (Å²) in [6.07, 6.45) is 1.71. The van der Waals surface area contributed by atoms with E-state index in [1.165, 1.54) is 5.56 Å². The summed E-state index contributed by atoms with van der Waals surface area (Å²) in [6, 6.07) is 23.0. The summed E-state index contributed by atoms with van der Waals surface area (Å²) in [6.45, 7) is 6.92. The molecule has 3 aromatic carbocycles. The van der Waals surface area contributed by atoms with Crippen molar-refractivity contribution in [1.29, 1.82) is 0 Å². The molecular formula is C27H24ClNO3. The van der Waals surface area contributed by atoms with Crippen LogP contribution in [0.3, 0.4) is 0 Å². The number of hydrogen-bond acceptors (Lipinski definition) is 4. The maximum atomic E-state index is 12.3. The van der Waals surface area contributed by atoms with E-state index in [1.54, 1.807) is 6.08 Å². The van der Waals surface area contributed by atoms with Crippen LogP contribution in [0.25, 0.3) is 6.08 Å². The van der Waals surface area contributed by atoms with Crippen molar-refractivity contribution < 1.29 is 14.3 Å². The molecule has 1 aliphatic heterocycles. The number of carbonyl (C=O) groups excluding carboxylic acids is 1. The van der Waals surface area contributed by atoms with Crippen molar-refractivity contribution >= 4 is 29.5 Å². The second-order valence-electron chi connectivity index (χ2n) is 8.65. The molecule has 0 spiro atoms. The van der Waals surface area contributed by atoms with E-state index in [0.717, 1.165) is 22.4 Å². The first-order valence-electron chi connectivity index (χ1n) is 10.4. The molecule has 0 fully saturated rings. The van der Waals surface area contributed by atoms with Crippen LogP contribution in [0, 0.1) is 0 Å². The van der Waals surface area contributed by atoms with Crippen molar-refractivity contribution in [3.63, 3.8) is 0 Å². The number of hydrogen-bond donors (Lipinski definition) is 0. The summed E-state index contributed by atoms with van der Waals surface area (Å²) < 4.78 is 11.2. The lowest BCUT2D eigenvalue weighted by molar-refractivity contribution is -0.129. The van der Waals surface area contributed by atoms with Crippen LogP contribution in [-0.4, -0.2) is 11.9 Å². The van der Waals surface area contributed by atoms with Gasteiger partial charge in [-0.25, -0.2) is 9.79 Å². The van der Waals surface area contributed by atoms with Gasteiger partial charge in [-0.05, 0) is 64.6 Å². The van der Waals surface area contributed by atoms with Gasteiger partial charge in [-0.3, -0.25) is 0 Å². The molecule has 0 aliphatic carbocycles. The molecule has 4 rings (SSSR count). The first-order valence-corrected chi connectivity index (χ1v) is 10.8. The lowest BCUT2D eigenvalue weighted by atomic mass is 9.87. The van der Waals surface area contributed by atoms with Gasteiger partial charge in [0.15, 0.2) is 5.70 Å². The summed E-state index contributed by atoms with van der Waals surface area (Å²) in [5.41, 5.74) is 4.19. The van der Waals surface area contributed by atoms with E-state index in [0.29, 0.717) is 17.5 Å². The highest BCUT2D eigenvalue weighted by molar-refractivity contribution is 6.30. The van der Waals surface area contributed by atoms with Crippen molar-refractivity contribution in [3.8, 4) is 5.75 Å². The van der Waals surface area contributed by atoms with Gasteiger partial charge >= 0.3 is 5.97 Å². The van der Waals surface area contributed by atoms with Crippen molar-refractivity contribution in [2.75, 3.05) is 0 Å². The molecule has 162 valence electrons. The summed E-state index contributed by atoms with van der Waals surface area (Å²) in [4.78, 5) is 16.7. The normalized spacial score (nSPS) is 14.9. The second kappa shape index (κ2) is 9.01. The van der Waals surface area contributed by atoms with E-state index in [-0.39, 0.29) is 11.1 Å². The van der Waals surface area contributed by atoms with Crippen LogP contribution >= 0.6 is 11.6 Å². The molecule has 5 heteroatoms. The summed E-state index contributed by atoms with van der Waals surface area (Å²) >= 11 is 5.90. The first kappa shape index (κ1) is 21.8. The number of esters is 1. The smallest absolute Gasteiger partial charge is 0.363 e. The zero-order valence-corrected chi connectivity index (χ0v) is 19.0. The number of nitrogens with zero attached hydrogens (tertiary/aromatic N) is 1. The largest absolute Gasteiger partial charge is 0.489 e. The highest BCUT2D eigenvalue weighted by atomic mass is 35.5. The molecular weight excluding hydrogens is 422 g/mol. The topological polar surface area (TPSA) is 47.9 Å². The van der Waals surface area contributed by atoms with Gasteiger partial charge in [0.05, 0.1) is 0 Å². The van der Waals surface area contributed by atoms with Gasteiger partial charge in [0.1, 0.15) is 12.4 Å². The molecule has 1 heterocycles. The number of rotatable bonds is 5. The minimum absolute atomic E-state index is 0.0580. The van der Waals surface area contributed by atoms with Crippen molar-refractivity contribution in [1.82, 2.24) is 0 Å². The standard InChI is InChI=1S/C27H24ClNO3/c1-27(2,3)21-10-8-20(9-11-21)25-29-24(26(30)32-25)16-18-6-14-23(15-7-18)31-17-19-4-12-22(28)13-5-19/h4-16H,17H2,1-3H3/b24-16-. The number of benzene rings is 3. The predicted molar refractivity (Wildman–Crippen MR) is 128 cm³/mol. The van der Waals surface area contributed by atoms with E-state index in [4.69, 9.17) is 21.1 Å². The maximum Gasteiger partial charge on any atom is 0.363 e. The van der Waals surface area contributed by atoms with E-state index in [2.05, 4.69) is 25.8 Å². The van der Waals surface area contributed by atoms with Gasteiger partial charge in [0, 0.05) is 10.6 Å². The Bertz CT molecular complexity index is 1170. The van der Waals surface area contributed by atoms with Gasteiger partial charge in [-0.15, -0.1) is 0 Å². The van der Waals surface area contributed by atoms with Crippen LogP contribution in [0.5, 0.6) is 5.75 Å². The predicted octanol–water partition coefficient (Wildman–Crippen LogP) is 6.56. The molecule has 1 aliphatic rings. The maximum absolute atomic E-state index is 12.3. The van der Waals surface area contributed by atoms with Crippen LogP contribution < -0.4 is 4.74 Å². The molecule has 0 amide bonds. The zero-order chi connectivity index (χ0) is 22.7. The fourth-order valence-electron chi connectivity index (χ4n) is 3.21. The highest BCUT2D eigenvalue weighted by Crippen LogP contribution is 2.25. The minimum Gasteiger partial charge on any atom is -0.489 e. The van der Waals surface area contributed by atoms with Crippen LogP contribution in [-0.2, 0) is 21.6 Å². The third kappa shape index (κ3) is 5.27. The van der Waals surface area contributed by atoms with Crippen molar-refractivity contribution in [2.24, 2.45) is 4.99 Å². The van der Waals surface area contributed by atoms with Gasteiger partial charge in [-0.1, -0.05) is 68.8 Å². The summed E-state index contributed by atoms with van der Waals surface area (Å²) in [5, 5.41) is 0.698. The van der Waals surface area contributed by atoms with Gasteiger partial charge in [-0.2, -0.15) is 0 Å². The Morgan fingerprint density at radius 1 is 0.938 bits per heavy atom. The molecule has 0 aromatic heterocycles. The van der Waals surface area contributed by atoms with E-state index in [1.807, 2.05) is 72.8 Å². The first-order chi connectivity index (χ1) is 15.3. The third-order valence-corrected chi connectivity index (χ3v) is 5.37. The van der Waals surface area contributed by atoms with Crippen LogP contribution in [0.4, 0.5) is 0 Å². The Hall–Kier alpha value is -3.37. The Morgan fingerprint density at radius 3 is 2.22 bits per heavy atom. The van der Waals surface area contributed by atoms with Gasteiger partial charge in [0.25, 0.3) is 0 Å². The Morgan fingerprint density at radius 2 is 1.59 bits per heavy atom. The SMILES string of the molecule is CC(C)(C)c1ccc(C2=N/C(=C\c3ccc(OCc4ccc(Cl)cc4)cc3)C(=O)O2)cc1. The van der Waals surface area contributed by atoms with Crippen LogP contribution in [0.2, 0.25) is 5.02 Å². The Labute approximate surface area is 193 Å². The average molecular weight is 446 g/mol. The number of cyclic esters (lactones) is 1. The molecule has 0 bridgehead atoms. The molecule has 0 saturated carbocycles. The molecule has 32 heavy (non-hydrogen) atoms. The Kier molecular flexibility index (Phi) is 6.15. The fraction of sp³-hybridized carbons (Fsp3) is 0.185.